The fourth-order valence-corrected chi connectivity index (χ4v) is 8.61. The standard InChI is InChI=1S/C38H50N2O3S3/c1-3-5-7-9-11-13-15-17-25-41-37-33(31-22-20-28-45-31)35-36(40-43-39-35)34(32-24-23-30(46-32)29-21-19-27-44-29)38(37)42-26-18-16-14-12-10-8-6-4-2/h19-24,27-28H,3-18,25-26H2,1-2H3. The van der Waals surface area contributed by atoms with E-state index < -0.39 is 0 Å². The predicted octanol–water partition coefficient (Wildman–Crippen LogP) is 13.4. The summed E-state index contributed by atoms with van der Waals surface area (Å²) in [4.78, 5) is 4.66. The number of unbranched alkanes of at least 4 members (excludes halogenated alkanes) is 14. The highest BCUT2D eigenvalue weighted by Crippen LogP contribution is 2.53. The minimum absolute atomic E-state index is 0.639. The second-order valence-electron chi connectivity index (χ2n) is 12.1. The zero-order valence-electron chi connectivity index (χ0n) is 27.7. The molecule has 4 aromatic heterocycles. The third kappa shape index (κ3) is 9.45. The Bertz CT molecular complexity index is 1540. The number of rotatable bonds is 23. The average molecular weight is 679 g/mol. The number of hydrogen-bond donors (Lipinski definition) is 0. The summed E-state index contributed by atoms with van der Waals surface area (Å²) in [5.74, 6) is 1.54. The van der Waals surface area contributed by atoms with E-state index in [-0.39, 0.29) is 0 Å². The molecule has 4 heterocycles. The first-order chi connectivity index (χ1) is 22.8. The Morgan fingerprint density at radius 3 is 1.48 bits per heavy atom. The zero-order chi connectivity index (χ0) is 31.8. The van der Waals surface area contributed by atoms with Crippen LogP contribution in [0.3, 0.4) is 0 Å². The maximum atomic E-state index is 6.80. The Morgan fingerprint density at radius 2 is 0.978 bits per heavy atom. The molecule has 0 aliphatic carbocycles. The SMILES string of the molecule is CCCCCCCCCCOc1c(OCCCCCCCCCC)c(-c2ccc(-c3cccs3)s2)c2nonc2c1-c1cccs1. The highest BCUT2D eigenvalue weighted by atomic mass is 32.1. The van der Waals surface area contributed by atoms with E-state index in [1.54, 1.807) is 34.0 Å². The first-order valence-corrected chi connectivity index (χ1v) is 20.1. The van der Waals surface area contributed by atoms with Gasteiger partial charge in [-0.05, 0) is 58.2 Å². The van der Waals surface area contributed by atoms with Crippen LogP contribution in [0.15, 0.2) is 51.8 Å². The summed E-state index contributed by atoms with van der Waals surface area (Å²) in [6, 6.07) is 12.8. The Morgan fingerprint density at radius 1 is 0.522 bits per heavy atom. The molecule has 248 valence electrons. The topological polar surface area (TPSA) is 57.4 Å². The summed E-state index contributed by atoms with van der Waals surface area (Å²) in [5, 5.41) is 13.2. The van der Waals surface area contributed by atoms with Gasteiger partial charge in [0.25, 0.3) is 0 Å². The van der Waals surface area contributed by atoms with Gasteiger partial charge in [-0.3, -0.25) is 0 Å². The molecule has 0 fully saturated rings. The summed E-state index contributed by atoms with van der Waals surface area (Å²) in [7, 11) is 0. The largest absolute Gasteiger partial charge is 0.489 e. The van der Waals surface area contributed by atoms with Gasteiger partial charge >= 0.3 is 0 Å². The van der Waals surface area contributed by atoms with E-state index in [4.69, 9.17) is 14.1 Å². The first-order valence-electron chi connectivity index (χ1n) is 17.6. The monoisotopic (exact) mass is 678 g/mol. The van der Waals surface area contributed by atoms with Crippen molar-refractivity contribution in [3.8, 4) is 42.1 Å². The summed E-state index contributed by atoms with van der Waals surface area (Å²) in [6.45, 7) is 5.82. The third-order valence-corrected chi connectivity index (χ3v) is 11.6. The lowest BCUT2D eigenvalue weighted by molar-refractivity contribution is 0.260. The number of aromatic nitrogens is 2. The Balaban J connectivity index is 1.41. The molecule has 0 atom stereocenters. The zero-order valence-corrected chi connectivity index (χ0v) is 30.1. The number of thiophene rings is 3. The van der Waals surface area contributed by atoms with Crippen molar-refractivity contribution in [1.82, 2.24) is 10.3 Å². The summed E-state index contributed by atoms with van der Waals surface area (Å²) >= 11 is 5.19. The van der Waals surface area contributed by atoms with Crippen molar-refractivity contribution in [2.75, 3.05) is 13.2 Å². The molecule has 0 radical (unpaired) electrons. The third-order valence-electron chi connectivity index (χ3n) is 8.50. The molecule has 8 heteroatoms. The normalized spacial score (nSPS) is 11.5. The summed E-state index contributed by atoms with van der Waals surface area (Å²) < 4.78 is 19.0. The minimum atomic E-state index is 0.639. The van der Waals surface area contributed by atoms with Crippen LogP contribution in [0.2, 0.25) is 0 Å². The molecule has 5 aromatic rings. The van der Waals surface area contributed by atoms with Crippen LogP contribution in [-0.4, -0.2) is 23.5 Å². The highest BCUT2D eigenvalue weighted by Gasteiger charge is 2.29. The fourth-order valence-electron chi connectivity index (χ4n) is 5.96. The van der Waals surface area contributed by atoms with E-state index in [9.17, 15) is 0 Å². The van der Waals surface area contributed by atoms with E-state index in [0.717, 1.165) is 56.3 Å². The van der Waals surface area contributed by atoms with Gasteiger partial charge in [0.2, 0.25) is 0 Å². The van der Waals surface area contributed by atoms with Crippen LogP contribution in [0.5, 0.6) is 11.5 Å². The Labute approximate surface area is 287 Å². The number of ether oxygens (including phenoxy) is 2. The molecule has 1 aromatic carbocycles. The molecule has 0 saturated heterocycles. The molecule has 5 nitrogen and oxygen atoms in total. The molecule has 0 amide bonds. The lowest BCUT2D eigenvalue weighted by atomic mass is 10.0. The maximum absolute atomic E-state index is 6.80. The minimum Gasteiger partial charge on any atom is -0.489 e. The van der Waals surface area contributed by atoms with Gasteiger partial charge in [-0.25, -0.2) is 4.63 Å². The quantitative estimate of drug-likeness (QED) is 0.0644. The number of hydrogen-bond acceptors (Lipinski definition) is 8. The summed E-state index contributed by atoms with van der Waals surface area (Å²) in [6.07, 6.45) is 20.1. The number of benzene rings is 1. The van der Waals surface area contributed by atoms with Crippen LogP contribution in [0.25, 0.3) is 41.7 Å². The van der Waals surface area contributed by atoms with Crippen LogP contribution in [0.4, 0.5) is 0 Å². The maximum Gasteiger partial charge on any atom is 0.172 e. The van der Waals surface area contributed by atoms with Crippen LogP contribution in [-0.2, 0) is 0 Å². The van der Waals surface area contributed by atoms with Crippen molar-refractivity contribution >= 4 is 45.0 Å². The number of fused-ring (bicyclic) bond motifs is 1. The van der Waals surface area contributed by atoms with Gasteiger partial charge in [-0.15, -0.1) is 34.0 Å². The van der Waals surface area contributed by atoms with E-state index in [1.807, 2.05) is 0 Å². The fraction of sp³-hybridized carbons (Fsp3) is 0.526. The Hall–Kier alpha value is -2.68. The van der Waals surface area contributed by atoms with Gasteiger partial charge < -0.3 is 9.47 Å². The molecule has 0 aliphatic rings. The lowest BCUT2D eigenvalue weighted by Crippen LogP contribution is -2.06. The van der Waals surface area contributed by atoms with Gasteiger partial charge in [0, 0.05) is 19.5 Å². The molecule has 0 saturated carbocycles. The second kappa shape index (κ2) is 19.2. The van der Waals surface area contributed by atoms with Gasteiger partial charge in [-0.1, -0.05) is 116 Å². The number of nitrogens with zero attached hydrogens (tertiary/aromatic N) is 2. The molecule has 0 unspecified atom stereocenters. The van der Waals surface area contributed by atoms with Crippen molar-refractivity contribution in [2.45, 2.75) is 117 Å². The predicted molar refractivity (Wildman–Crippen MR) is 198 cm³/mol. The summed E-state index contributed by atoms with van der Waals surface area (Å²) in [5.41, 5.74) is 3.31. The van der Waals surface area contributed by atoms with E-state index >= 15 is 0 Å². The highest BCUT2D eigenvalue weighted by molar-refractivity contribution is 7.23. The molecular formula is C38H50N2O3S3. The average Bonchev–Trinajstić information content (AvgIpc) is 3.91. The molecule has 46 heavy (non-hydrogen) atoms. The van der Waals surface area contributed by atoms with Crippen LogP contribution in [0.1, 0.15) is 117 Å². The van der Waals surface area contributed by atoms with Gasteiger partial charge in [0.1, 0.15) is 11.0 Å². The van der Waals surface area contributed by atoms with Crippen molar-refractivity contribution in [2.24, 2.45) is 0 Å². The lowest BCUT2D eigenvalue weighted by Gasteiger charge is -2.19. The molecular weight excluding hydrogens is 629 g/mol. The molecule has 5 rings (SSSR count). The van der Waals surface area contributed by atoms with Crippen molar-refractivity contribution in [3.63, 3.8) is 0 Å². The van der Waals surface area contributed by atoms with Crippen LogP contribution < -0.4 is 9.47 Å². The van der Waals surface area contributed by atoms with Crippen LogP contribution in [0, 0.1) is 0 Å². The van der Waals surface area contributed by atoms with Crippen molar-refractivity contribution in [3.05, 3.63) is 47.2 Å². The first kappa shape index (κ1) is 34.6. The smallest absolute Gasteiger partial charge is 0.172 e. The second-order valence-corrected chi connectivity index (χ2v) is 15.1. The molecule has 0 N–H and O–H groups in total. The molecule has 0 spiro atoms. The molecule has 0 aliphatic heterocycles. The van der Waals surface area contributed by atoms with Crippen LogP contribution >= 0.6 is 34.0 Å². The van der Waals surface area contributed by atoms with Gasteiger partial charge in [0.15, 0.2) is 11.5 Å². The van der Waals surface area contributed by atoms with E-state index in [2.05, 4.69) is 71.3 Å². The molecule has 0 bridgehead atoms. The Kier molecular flexibility index (Phi) is 14.5. The van der Waals surface area contributed by atoms with E-state index in [1.165, 1.54) is 99.6 Å². The van der Waals surface area contributed by atoms with Crippen molar-refractivity contribution in [1.29, 1.82) is 0 Å². The van der Waals surface area contributed by atoms with Gasteiger partial charge in [0.05, 0.1) is 24.3 Å². The van der Waals surface area contributed by atoms with Gasteiger partial charge in [-0.2, -0.15) is 0 Å². The van der Waals surface area contributed by atoms with E-state index in [0.29, 0.717) is 13.2 Å². The van der Waals surface area contributed by atoms with Crippen molar-refractivity contribution < 1.29 is 14.1 Å².